The lowest BCUT2D eigenvalue weighted by Gasteiger charge is -2.36. The Morgan fingerprint density at radius 3 is 2.43 bits per heavy atom. The number of hydrogen-bond acceptors (Lipinski definition) is 3. The number of fused-ring (bicyclic) bond motifs is 2. The Morgan fingerprint density at radius 1 is 1.24 bits per heavy atom. The first-order valence-electron chi connectivity index (χ1n) is 8.16. The molecule has 3 rings (SSSR count). The monoisotopic (exact) mass is 287 g/mol. The molecule has 2 fully saturated rings. The van der Waals surface area contributed by atoms with Crippen molar-refractivity contribution in [1.82, 2.24) is 4.90 Å². The van der Waals surface area contributed by atoms with Gasteiger partial charge in [-0.15, -0.1) is 0 Å². The molecule has 0 spiro atoms. The predicted molar refractivity (Wildman–Crippen MR) is 83.2 cm³/mol. The minimum absolute atomic E-state index is 0.0438. The van der Waals surface area contributed by atoms with E-state index in [-0.39, 0.29) is 18.0 Å². The summed E-state index contributed by atoms with van der Waals surface area (Å²) in [5.74, 6) is -0.166. The number of carbonyl (C=O) groups is 1. The third-order valence-electron chi connectivity index (χ3n) is 5.23. The van der Waals surface area contributed by atoms with Crippen LogP contribution in [0.1, 0.15) is 50.5 Å². The number of benzene rings is 1. The first-order valence-corrected chi connectivity index (χ1v) is 8.16. The van der Waals surface area contributed by atoms with Crippen LogP contribution in [0.3, 0.4) is 0 Å². The van der Waals surface area contributed by atoms with Crippen molar-refractivity contribution in [3.63, 3.8) is 0 Å². The summed E-state index contributed by atoms with van der Waals surface area (Å²) in [6.45, 7) is 2.05. The number of hydrogen-bond donors (Lipinski definition) is 0. The third-order valence-corrected chi connectivity index (χ3v) is 5.23. The first-order chi connectivity index (χ1) is 10.2. The molecule has 0 radical (unpaired) electrons. The second kappa shape index (κ2) is 6.18. The standard InChI is InChI=1S/C18H25NO2/c1-3-17(13-7-5-4-6-8-13)18(20)21-16-11-14-9-10-15(12-16)19(14)2/h4-8,14-17H,3,9-12H2,1-2H3/t14-,15?,16?,17?/m1/s1. The van der Waals surface area contributed by atoms with Gasteiger partial charge in [0.1, 0.15) is 6.10 Å². The van der Waals surface area contributed by atoms with Crippen LogP contribution in [0.2, 0.25) is 0 Å². The summed E-state index contributed by atoms with van der Waals surface area (Å²) in [4.78, 5) is 15.0. The van der Waals surface area contributed by atoms with Gasteiger partial charge < -0.3 is 9.64 Å². The van der Waals surface area contributed by atoms with Crippen molar-refractivity contribution >= 4 is 5.97 Å². The summed E-state index contributed by atoms with van der Waals surface area (Å²) >= 11 is 0. The number of esters is 1. The molecule has 2 saturated heterocycles. The lowest BCUT2D eigenvalue weighted by Crippen LogP contribution is -2.43. The Balaban J connectivity index is 1.63. The summed E-state index contributed by atoms with van der Waals surface area (Å²) in [6, 6.07) is 11.2. The van der Waals surface area contributed by atoms with Crippen LogP contribution in [0.15, 0.2) is 30.3 Å². The number of ether oxygens (including phenoxy) is 1. The highest BCUT2D eigenvalue weighted by atomic mass is 16.5. The van der Waals surface area contributed by atoms with Gasteiger partial charge in [-0.3, -0.25) is 4.79 Å². The molecular formula is C18H25NO2. The molecule has 0 N–H and O–H groups in total. The fourth-order valence-corrected chi connectivity index (χ4v) is 3.93. The van der Waals surface area contributed by atoms with Crippen LogP contribution >= 0.6 is 0 Å². The molecule has 3 nitrogen and oxygen atoms in total. The van der Waals surface area contributed by atoms with Gasteiger partial charge in [0.15, 0.2) is 0 Å². The van der Waals surface area contributed by atoms with Gasteiger partial charge >= 0.3 is 5.97 Å². The van der Waals surface area contributed by atoms with Gasteiger partial charge in [-0.05, 0) is 44.7 Å². The summed E-state index contributed by atoms with van der Waals surface area (Å²) in [7, 11) is 2.21. The van der Waals surface area contributed by atoms with E-state index in [1.165, 1.54) is 12.8 Å². The quantitative estimate of drug-likeness (QED) is 0.795. The van der Waals surface area contributed by atoms with E-state index in [0.717, 1.165) is 24.8 Å². The van der Waals surface area contributed by atoms with Crippen molar-refractivity contribution in [3.05, 3.63) is 35.9 Å². The topological polar surface area (TPSA) is 29.5 Å². The molecule has 0 aromatic heterocycles. The minimum Gasteiger partial charge on any atom is -0.462 e. The molecule has 1 aromatic carbocycles. The predicted octanol–water partition coefficient (Wildman–Crippen LogP) is 3.35. The first kappa shape index (κ1) is 14.6. The molecule has 21 heavy (non-hydrogen) atoms. The lowest BCUT2D eigenvalue weighted by molar-refractivity contribution is -0.154. The molecule has 3 heteroatoms. The Kier molecular flexibility index (Phi) is 4.29. The zero-order chi connectivity index (χ0) is 14.8. The molecule has 1 aromatic rings. The van der Waals surface area contributed by atoms with Crippen molar-refractivity contribution in [2.45, 2.75) is 63.1 Å². The van der Waals surface area contributed by atoms with E-state index in [2.05, 4.69) is 18.9 Å². The number of nitrogens with zero attached hydrogens (tertiary/aromatic N) is 1. The number of rotatable bonds is 4. The van der Waals surface area contributed by atoms with Crippen molar-refractivity contribution in [2.75, 3.05) is 7.05 Å². The molecule has 2 aliphatic heterocycles. The molecule has 0 saturated carbocycles. The maximum atomic E-state index is 12.5. The van der Waals surface area contributed by atoms with Crippen LogP contribution in [0.4, 0.5) is 0 Å². The van der Waals surface area contributed by atoms with Crippen LogP contribution in [-0.4, -0.2) is 36.1 Å². The highest BCUT2D eigenvalue weighted by Gasteiger charge is 2.40. The molecule has 0 aliphatic carbocycles. The van der Waals surface area contributed by atoms with E-state index in [9.17, 15) is 4.79 Å². The zero-order valence-corrected chi connectivity index (χ0v) is 13.0. The second-order valence-electron chi connectivity index (χ2n) is 6.45. The minimum atomic E-state index is -0.122. The Hall–Kier alpha value is -1.35. The smallest absolute Gasteiger partial charge is 0.313 e. The fraction of sp³-hybridized carbons (Fsp3) is 0.611. The van der Waals surface area contributed by atoms with E-state index in [1.807, 2.05) is 30.3 Å². The zero-order valence-electron chi connectivity index (χ0n) is 13.0. The van der Waals surface area contributed by atoms with Crippen molar-refractivity contribution in [2.24, 2.45) is 0 Å². The molecule has 4 atom stereocenters. The highest BCUT2D eigenvalue weighted by molar-refractivity contribution is 5.78. The van der Waals surface area contributed by atoms with Gasteiger partial charge in [0.2, 0.25) is 0 Å². The molecule has 0 amide bonds. The van der Waals surface area contributed by atoms with E-state index in [4.69, 9.17) is 4.74 Å². The summed E-state index contributed by atoms with van der Waals surface area (Å²) < 4.78 is 5.86. The van der Waals surface area contributed by atoms with Crippen molar-refractivity contribution in [3.8, 4) is 0 Å². The van der Waals surface area contributed by atoms with E-state index in [1.54, 1.807) is 0 Å². The van der Waals surface area contributed by atoms with Crippen molar-refractivity contribution in [1.29, 1.82) is 0 Å². The number of carbonyl (C=O) groups excluding carboxylic acids is 1. The molecule has 2 aliphatic rings. The van der Waals surface area contributed by atoms with Crippen molar-refractivity contribution < 1.29 is 9.53 Å². The average Bonchev–Trinajstić information content (AvgIpc) is 2.72. The van der Waals surface area contributed by atoms with Gasteiger partial charge in [-0.2, -0.15) is 0 Å². The largest absolute Gasteiger partial charge is 0.462 e. The van der Waals surface area contributed by atoms with Gasteiger partial charge in [0, 0.05) is 12.1 Å². The Morgan fingerprint density at radius 2 is 1.86 bits per heavy atom. The average molecular weight is 287 g/mol. The van der Waals surface area contributed by atoms with Gasteiger partial charge in [0.05, 0.1) is 5.92 Å². The normalized spacial score (nSPS) is 30.1. The highest BCUT2D eigenvalue weighted by Crippen LogP contribution is 2.36. The van der Waals surface area contributed by atoms with E-state index >= 15 is 0 Å². The number of piperidine rings is 1. The SMILES string of the molecule is CCC(C(=O)OC1CC2CC[C@H](C1)N2C)c1ccccc1. The second-order valence-corrected chi connectivity index (χ2v) is 6.45. The molecular weight excluding hydrogens is 262 g/mol. The summed E-state index contributed by atoms with van der Waals surface area (Å²) in [5, 5.41) is 0. The van der Waals surface area contributed by atoms with Crippen LogP contribution in [0, 0.1) is 0 Å². The Labute approximate surface area is 127 Å². The van der Waals surface area contributed by atoms with Gasteiger partial charge in [-0.25, -0.2) is 0 Å². The molecule has 114 valence electrons. The maximum absolute atomic E-state index is 12.5. The molecule has 3 unspecified atom stereocenters. The van der Waals surface area contributed by atoms with E-state index in [0.29, 0.717) is 12.1 Å². The molecule has 2 bridgehead atoms. The third kappa shape index (κ3) is 2.98. The van der Waals surface area contributed by atoms with Gasteiger partial charge in [-0.1, -0.05) is 37.3 Å². The fourth-order valence-electron chi connectivity index (χ4n) is 3.93. The van der Waals surface area contributed by atoms with Crippen LogP contribution in [0.25, 0.3) is 0 Å². The maximum Gasteiger partial charge on any atom is 0.313 e. The van der Waals surface area contributed by atoms with Crippen LogP contribution < -0.4 is 0 Å². The van der Waals surface area contributed by atoms with Crippen LogP contribution in [0.5, 0.6) is 0 Å². The van der Waals surface area contributed by atoms with E-state index < -0.39 is 0 Å². The van der Waals surface area contributed by atoms with Crippen LogP contribution in [-0.2, 0) is 9.53 Å². The summed E-state index contributed by atoms with van der Waals surface area (Å²) in [5.41, 5.74) is 1.07. The summed E-state index contributed by atoms with van der Waals surface area (Å²) in [6.07, 6.45) is 5.43. The lowest BCUT2D eigenvalue weighted by atomic mass is 9.96. The molecule has 2 heterocycles. The Bertz CT molecular complexity index is 473. The van der Waals surface area contributed by atoms with Gasteiger partial charge in [0.25, 0.3) is 0 Å².